The standard InChI is InChI=1S/C14H19BrN2O/c1-9-12(4-3-5-13(9)15)14(18)17-7-6-11(8-17)10(2)16/h3-5,10-11H,6-8,16H2,1-2H3. The fourth-order valence-corrected chi connectivity index (χ4v) is 2.78. The Bertz CT molecular complexity index is 459. The van der Waals surface area contributed by atoms with Crippen LogP contribution in [0, 0.1) is 12.8 Å². The number of hydrogen-bond donors (Lipinski definition) is 1. The van der Waals surface area contributed by atoms with Crippen molar-refractivity contribution in [2.24, 2.45) is 11.7 Å². The molecule has 1 amide bonds. The minimum absolute atomic E-state index is 0.122. The van der Waals surface area contributed by atoms with Crippen molar-refractivity contribution in [3.63, 3.8) is 0 Å². The van der Waals surface area contributed by atoms with Gasteiger partial charge in [-0.2, -0.15) is 0 Å². The maximum atomic E-state index is 12.5. The molecule has 98 valence electrons. The van der Waals surface area contributed by atoms with Gasteiger partial charge in [0.25, 0.3) is 5.91 Å². The Balaban J connectivity index is 2.16. The van der Waals surface area contributed by atoms with E-state index < -0.39 is 0 Å². The van der Waals surface area contributed by atoms with E-state index in [1.54, 1.807) is 0 Å². The second kappa shape index (κ2) is 5.41. The van der Waals surface area contributed by atoms with E-state index in [1.165, 1.54) is 0 Å². The number of carbonyl (C=O) groups is 1. The molecule has 0 radical (unpaired) electrons. The third-order valence-corrected chi connectivity index (χ3v) is 4.61. The quantitative estimate of drug-likeness (QED) is 0.912. The summed E-state index contributed by atoms with van der Waals surface area (Å²) in [5.41, 5.74) is 7.70. The van der Waals surface area contributed by atoms with Gasteiger partial charge in [-0.1, -0.05) is 22.0 Å². The predicted octanol–water partition coefficient (Wildman–Crippen LogP) is 2.57. The van der Waals surface area contributed by atoms with Crippen LogP contribution in [0.25, 0.3) is 0 Å². The number of hydrogen-bond acceptors (Lipinski definition) is 2. The number of nitrogens with two attached hydrogens (primary N) is 1. The first-order chi connectivity index (χ1) is 8.50. The summed E-state index contributed by atoms with van der Waals surface area (Å²) in [6.07, 6.45) is 1.01. The lowest BCUT2D eigenvalue weighted by molar-refractivity contribution is 0.0785. The van der Waals surface area contributed by atoms with Crippen LogP contribution in [-0.4, -0.2) is 29.9 Å². The molecule has 0 saturated carbocycles. The molecule has 2 N–H and O–H groups in total. The highest BCUT2D eigenvalue weighted by molar-refractivity contribution is 9.10. The molecule has 1 fully saturated rings. The Morgan fingerprint density at radius 2 is 2.28 bits per heavy atom. The first-order valence-corrected chi connectivity index (χ1v) is 7.10. The Kier molecular flexibility index (Phi) is 4.07. The van der Waals surface area contributed by atoms with Gasteiger partial charge in [-0.15, -0.1) is 0 Å². The second-order valence-electron chi connectivity index (χ2n) is 5.07. The molecular weight excluding hydrogens is 292 g/mol. The fourth-order valence-electron chi connectivity index (χ4n) is 2.41. The highest BCUT2D eigenvalue weighted by Crippen LogP contribution is 2.24. The summed E-state index contributed by atoms with van der Waals surface area (Å²) >= 11 is 3.47. The topological polar surface area (TPSA) is 46.3 Å². The van der Waals surface area contributed by atoms with E-state index in [1.807, 2.05) is 36.9 Å². The van der Waals surface area contributed by atoms with Crippen molar-refractivity contribution in [1.29, 1.82) is 0 Å². The maximum absolute atomic E-state index is 12.5. The maximum Gasteiger partial charge on any atom is 0.254 e. The first-order valence-electron chi connectivity index (χ1n) is 6.30. The minimum Gasteiger partial charge on any atom is -0.338 e. The Morgan fingerprint density at radius 3 is 2.89 bits per heavy atom. The number of amides is 1. The highest BCUT2D eigenvalue weighted by Gasteiger charge is 2.29. The summed E-state index contributed by atoms with van der Waals surface area (Å²) in [5.74, 6) is 0.554. The average Bonchev–Trinajstić information content (AvgIpc) is 2.81. The van der Waals surface area contributed by atoms with Crippen LogP contribution in [0.3, 0.4) is 0 Å². The molecule has 0 bridgehead atoms. The van der Waals surface area contributed by atoms with Gasteiger partial charge in [-0.3, -0.25) is 4.79 Å². The van der Waals surface area contributed by atoms with E-state index in [-0.39, 0.29) is 11.9 Å². The zero-order valence-electron chi connectivity index (χ0n) is 10.8. The van der Waals surface area contributed by atoms with Gasteiger partial charge in [0.1, 0.15) is 0 Å². The van der Waals surface area contributed by atoms with Crippen LogP contribution in [0.2, 0.25) is 0 Å². The SMILES string of the molecule is Cc1c(Br)cccc1C(=O)N1CCC(C(C)N)C1. The third-order valence-electron chi connectivity index (χ3n) is 3.75. The van der Waals surface area contributed by atoms with Crippen molar-refractivity contribution in [2.45, 2.75) is 26.3 Å². The zero-order chi connectivity index (χ0) is 13.3. The molecular formula is C14H19BrN2O. The molecule has 1 saturated heterocycles. The predicted molar refractivity (Wildman–Crippen MR) is 76.5 cm³/mol. The van der Waals surface area contributed by atoms with Gasteiger partial charge in [-0.05, 0) is 43.9 Å². The van der Waals surface area contributed by atoms with E-state index in [0.29, 0.717) is 5.92 Å². The Labute approximate surface area is 116 Å². The molecule has 2 rings (SSSR count). The lowest BCUT2D eigenvalue weighted by Gasteiger charge is -2.19. The van der Waals surface area contributed by atoms with Crippen LogP contribution in [0.1, 0.15) is 29.3 Å². The highest BCUT2D eigenvalue weighted by atomic mass is 79.9. The minimum atomic E-state index is 0.122. The molecule has 1 aliphatic heterocycles. The number of carbonyl (C=O) groups excluding carboxylic acids is 1. The van der Waals surface area contributed by atoms with Crippen LogP contribution in [0.15, 0.2) is 22.7 Å². The number of halogens is 1. The molecule has 1 aliphatic rings. The van der Waals surface area contributed by atoms with E-state index in [4.69, 9.17) is 5.73 Å². The van der Waals surface area contributed by atoms with Crippen LogP contribution < -0.4 is 5.73 Å². The molecule has 0 spiro atoms. The van der Waals surface area contributed by atoms with E-state index in [2.05, 4.69) is 15.9 Å². The van der Waals surface area contributed by atoms with Crippen LogP contribution in [0.4, 0.5) is 0 Å². The van der Waals surface area contributed by atoms with Gasteiger partial charge in [-0.25, -0.2) is 0 Å². The molecule has 2 atom stereocenters. The number of likely N-dealkylation sites (tertiary alicyclic amines) is 1. The van der Waals surface area contributed by atoms with Gasteiger partial charge >= 0.3 is 0 Å². The summed E-state index contributed by atoms with van der Waals surface area (Å²) < 4.78 is 0.983. The summed E-state index contributed by atoms with van der Waals surface area (Å²) in [6.45, 7) is 5.58. The molecule has 1 heterocycles. The summed E-state index contributed by atoms with van der Waals surface area (Å²) in [5, 5.41) is 0. The van der Waals surface area contributed by atoms with Gasteiger partial charge in [0.15, 0.2) is 0 Å². The number of rotatable bonds is 2. The molecule has 0 aliphatic carbocycles. The summed E-state index contributed by atoms with van der Waals surface area (Å²) in [4.78, 5) is 14.4. The lowest BCUT2D eigenvalue weighted by atomic mass is 10.0. The molecule has 1 aromatic rings. The van der Waals surface area contributed by atoms with Crippen molar-refractivity contribution in [3.05, 3.63) is 33.8 Å². The summed E-state index contributed by atoms with van der Waals surface area (Å²) in [6, 6.07) is 5.91. The molecule has 2 unspecified atom stereocenters. The van der Waals surface area contributed by atoms with Crippen LogP contribution in [0.5, 0.6) is 0 Å². The van der Waals surface area contributed by atoms with Crippen molar-refractivity contribution in [1.82, 2.24) is 4.90 Å². The second-order valence-corrected chi connectivity index (χ2v) is 5.93. The molecule has 3 nitrogen and oxygen atoms in total. The normalized spacial score (nSPS) is 21.1. The third kappa shape index (κ3) is 2.59. The Hall–Kier alpha value is -0.870. The van der Waals surface area contributed by atoms with Crippen molar-refractivity contribution in [2.75, 3.05) is 13.1 Å². The van der Waals surface area contributed by atoms with Crippen molar-refractivity contribution < 1.29 is 4.79 Å². The average molecular weight is 311 g/mol. The van der Waals surface area contributed by atoms with E-state index in [9.17, 15) is 4.79 Å². The van der Waals surface area contributed by atoms with Gasteiger partial charge < -0.3 is 10.6 Å². The van der Waals surface area contributed by atoms with Gasteiger partial charge in [0.05, 0.1) is 0 Å². The molecule has 0 aromatic heterocycles. The smallest absolute Gasteiger partial charge is 0.254 e. The largest absolute Gasteiger partial charge is 0.338 e. The molecule has 4 heteroatoms. The van der Waals surface area contributed by atoms with Crippen molar-refractivity contribution in [3.8, 4) is 0 Å². The summed E-state index contributed by atoms with van der Waals surface area (Å²) in [7, 11) is 0. The van der Waals surface area contributed by atoms with Crippen LogP contribution >= 0.6 is 15.9 Å². The molecule has 18 heavy (non-hydrogen) atoms. The number of benzene rings is 1. The first kappa shape index (κ1) is 13.6. The Morgan fingerprint density at radius 1 is 1.56 bits per heavy atom. The number of nitrogens with zero attached hydrogens (tertiary/aromatic N) is 1. The van der Waals surface area contributed by atoms with Gasteiger partial charge in [0.2, 0.25) is 0 Å². The fraction of sp³-hybridized carbons (Fsp3) is 0.500. The lowest BCUT2D eigenvalue weighted by Crippen LogP contribution is -2.33. The monoisotopic (exact) mass is 310 g/mol. The van der Waals surface area contributed by atoms with E-state index >= 15 is 0 Å². The molecule has 1 aromatic carbocycles. The van der Waals surface area contributed by atoms with Gasteiger partial charge in [0, 0.05) is 29.2 Å². The zero-order valence-corrected chi connectivity index (χ0v) is 12.4. The van der Waals surface area contributed by atoms with E-state index in [0.717, 1.165) is 35.1 Å². The van der Waals surface area contributed by atoms with Crippen molar-refractivity contribution >= 4 is 21.8 Å². The van der Waals surface area contributed by atoms with Crippen LogP contribution in [-0.2, 0) is 0 Å².